The standard InChI is InChI=1S/C10H16N4S/c1-7(2)4-14-9(3-12-10(14)11)8-5-15-6-13-8/h5-7,9H,3-4H2,1-2H3,(H2,11,12). The highest BCUT2D eigenvalue weighted by molar-refractivity contribution is 7.07. The lowest BCUT2D eigenvalue weighted by atomic mass is 10.1. The van der Waals surface area contributed by atoms with Gasteiger partial charge in [-0.1, -0.05) is 13.8 Å². The Morgan fingerprint density at radius 3 is 3.07 bits per heavy atom. The lowest BCUT2D eigenvalue weighted by Crippen LogP contribution is -2.38. The van der Waals surface area contributed by atoms with E-state index in [9.17, 15) is 0 Å². The number of aliphatic imine (C=N–C) groups is 1. The van der Waals surface area contributed by atoms with Crippen LogP contribution in [0.25, 0.3) is 0 Å². The van der Waals surface area contributed by atoms with Crippen molar-refractivity contribution in [3.63, 3.8) is 0 Å². The maximum atomic E-state index is 5.88. The first-order chi connectivity index (χ1) is 7.18. The summed E-state index contributed by atoms with van der Waals surface area (Å²) in [5.41, 5.74) is 8.82. The summed E-state index contributed by atoms with van der Waals surface area (Å²) < 4.78 is 0. The van der Waals surface area contributed by atoms with Crippen LogP contribution in [0.3, 0.4) is 0 Å². The third kappa shape index (κ3) is 2.12. The maximum Gasteiger partial charge on any atom is 0.191 e. The number of nitrogens with zero attached hydrogens (tertiary/aromatic N) is 3. The van der Waals surface area contributed by atoms with E-state index in [1.54, 1.807) is 11.3 Å². The van der Waals surface area contributed by atoms with Gasteiger partial charge >= 0.3 is 0 Å². The highest BCUT2D eigenvalue weighted by Crippen LogP contribution is 2.25. The van der Waals surface area contributed by atoms with Crippen molar-refractivity contribution in [3.8, 4) is 0 Å². The molecular formula is C10H16N4S. The van der Waals surface area contributed by atoms with Crippen LogP contribution in [-0.4, -0.2) is 28.9 Å². The molecule has 0 saturated carbocycles. The van der Waals surface area contributed by atoms with Gasteiger partial charge in [0.05, 0.1) is 23.8 Å². The van der Waals surface area contributed by atoms with Gasteiger partial charge in [0.1, 0.15) is 0 Å². The Bertz CT molecular complexity index is 344. The van der Waals surface area contributed by atoms with E-state index in [4.69, 9.17) is 5.73 Å². The normalized spacial score (nSPS) is 21.1. The van der Waals surface area contributed by atoms with Gasteiger partial charge in [0.15, 0.2) is 5.96 Å². The first-order valence-electron chi connectivity index (χ1n) is 5.13. The molecule has 0 aliphatic carbocycles. The molecule has 2 N–H and O–H groups in total. The third-order valence-corrected chi connectivity index (χ3v) is 3.06. The highest BCUT2D eigenvalue weighted by atomic mass is 32.1. The molecule has 1 aromatic rings. The van der Waals surface area contributed by atoms with Gasteiger partial charge in [-0.05, 0) is 5.92 Å². The van der Waals surface area contributed by atoms with Gasteiger partial charge in [0.2, 0.25) is 0 Å². The highest BCUT2D eigenvalue weighted by Gasteiger charge is 2.28. The summed E-state index contributed by atoms with van der Waals surface area (Å²) >= 11 is 1.62. The fourth-order valence-electron chi connectivity index (χ4n) is 1.78. The molecule has 0 saturated heterocycles. The Morgan fingerprint density at radius 2 is 2.47 bits per heavy atom. The van der Waals surface area contributed by atoms with Crippen LogP contribution in [0.4, 0.5) is 0 Å². The summed E-state index contributed by atoms with van der Waals surface area (Å²) in [7, 11) is 0. The number of hydrogen-bond donors (Lipinski definition) is 1. The van der Waals surface area contributed by atoms with Crippen LogP contribution in [0.15, 0.2) is 15.9 Å². The van der Waals surface area contributed by atoms with Gasteiger partial charge in [-0.2, -0.15) is 0 Å². The summed E-state index contributed by atoms with van der Waals surface area (Å²) in [6.07, 6.45) is 0. The molecule has 1 unspecified atom stereocenters. The summed E-state index contributed by atoms with van der Waals surface area (Å²) in [5, 5.41) is 2.08. The average molecular weight is 224 g/mol. The van der Waals surface area contributed by atoms with E-state index in [1.165, 1.54) is 0 Å². The SMILES string of the molecule is CC(C)CN1C(N)=NCC1c1cscn1. The molecule has 1 atom stereocenters. The topological polar surface area (TPSA) is 54.5 Å². The fraction of sp³-hybridized carbons (Fsp3) is 0.600. The van der Waals surface area contributed by atoms with Crippen molar-refractivity contribution in [2.45, 2.75) is 19.9 Å². The summed E-state index contributed by atoms with van der Waals surface area (Å²) in [6, 6.07) is 0.249. The molecule has 5 heteroatoms. The number of aromatic nitrogens is 1. The van der Waals surface area contributed by atoms with Crippen molar-refractivity contribution in [1.29, 1.82) is 0 Å². The van der Waals surface area contributed by atoms with Gasteiger partial charge in [-0.25, -0.2) is 4.98 Å². The Kier molecular flexibility index (Phi) is 2.90. The molecule has 2 rings (SSSR count). The van der Waals surface area contributed by atoms with Crippen molar-refractivity contribution in [2.24, 2.45) is 16.6 Å². The largest absolute Gasteiger partial charge is 0.370 e. The van der Waals surface area contributed by atoms with E-state index in [0.29, 0.717) is 11.9 Å². The molecule has 1 aromatic heterocycles. The minimum absolute atomic E-state index is 0.249. The van der Waals surface area contributed by atoms with Crippen LogP contribution < -0.4 is 5.73 Å². The van der Waals surface area contributed by atoms with Crippen LogP contribution in [-0.2, 0) is 0 Å². The molecule has 82 valence electrons. The quantitative estimate of drug-likeness (QED) is 0.846. The van der Waals surface area contributed by atoms with Gasteiger partial charge in [0, 0.05) is 11.9 Å². The van der Waals surface area contributed by atoms with Gasteiger partial charge in [-0.15, -0.1) is 11.3 Å². The number of hydrogen-bond acceptors (Lipinski definition) is 5. The van der Waals surface area contributed by atoms with Crippen LogP contribution in [0, 0.1) is 5.92 Å². The van der Waals surface area contributed by atoms with Gasteiger partial charge in [-0.3, -0.25) is 4.99 Å². The van der Waals surface area contributed by atoms with Crippen LogP contribution in [0.1, 0.15) is 25.6 Å². The van der Waals surface area contributed by atoms with E-state index in [-0.39, 0.29) is 6.04 Å². The molecule has 0 aromatic carbocycles. The van der Waals surface area contributed by atoms with E-state index >= 15 is 0 Å². The fourth-order valence-corrected chi connectivity index (χ4v) is 2.38. The first-order valence-corrected chi connectivity index (χ1v) is 6.07. The summed E-state index contributed by atoms with van der Waals surface area (Å²) in [5.74, 6) is 1.24. The van der Waals surface area contributed by atoms with Crippen molar-refractivity contribution in [2.75, 3.05) is 13.1 Å². The molecule has 1 aliphatic rings. The van der Waals surface area contributed by atoms with Gasteiger partial charge in [0.25, 0.3) is 0 Å². The molecule has 0 bridgehead atoms. The lowest BCUT2D eigenvalue weighted by molar-refractivity contribution is 0.305. The molecule has 15 heavy (non-hydrogen) atoms. The zero-order chi connectivity index (χ0) is 10.8. The number of guanidine groups is 1. The minimum Gasteiger partial charge on any atom is -0.370 e. The smallest absolute Gasteiger partial charge is 0.191 e. The second kappa shape index (κ2) is 4.18. The predicted octanol–water partition coefficient (Wildman–Crippen LogP) is 1.47. The Balaban J connectivity index is 2.14. The zero-order valence-corrected chi connectivity index (χ0v) is 9.87. The molecular weight excluding hydrogens is 208 g/mol. The number of nitrogens with two attached hydrogens (primary N) is 1. The second-order valence-electron chi connectivity index (χ2n) is 4.17. The monoisotopic (exact) mass is 224 g/mol. The Labute approximate surface area is 93.8 Å². The van der Waals surface area contributed by atoms with Gasteiger partial charge < -0.3 is 10.6 Å². The number of thiazole rings is 1. The molecule has 0 spiro atoms. The van der Waals surface area contributed by atoms with E-state index in [2.05, 4.69) is 34.1 Å². The summed E-state index contributed by atoms with van der Waals surface area (Å²) in [4.78, 5) is 10.8. The summed E-state index contributed by atoms with van der Waals surface area (Å²) in [6.45, 7) is 6.05. The Morgan fingerprint density at radius 1 is 1.67 bits per heavy atom. The first kappa shape index (κ1) is 10.4. The molecule has 0 fully saturated rings. The molecule has 1 aliphatic heterocycles. The predicted molar refractivity (Wildman–Crippen MR) is 62.9 cm³/mol. The molecule has 2 heterocycles. The van der Waals surface area contributed by atoms with E-state index < -0.39 is 0 Å². The van der Waals surface area contributed by atoms with Crippen LogP contribution in [0.2, 0.25) is 0 Å². The van der Waals surface area contributed by atoms with Crippen LogP contribution >= 0.6 is 11.3 Å². The Hall–Kier alpha value is -1.10. The average Bonchev–Trinajstić information content (AvgIpc) is 2.76. The third-order valence-electron chi connectivity index (χ3n) is 2.45. The zero-order valence-electron chi connectivity index (χ0n) is 9.05. The van der Waals surface area contributed by atoms with Crippen molar-refractivity contribution >= 4 is 17.3 Å². The molecule has 4 nitrogen and oxygen atoms in total. The van der Waals surface area contributed by atoms with Crippen molar-refractivity contribution in [1.82, 2.24) is 9.88 Å². The van der Waals surface area contributed by atoms with Crippen molar-refractivity contribution < 1.29 is 0 Å². The molecule has 0 amide bonds. The van der Waals surface area contributed by atoms with Crippen LogP contribution in [0.5, 0.6) is 0 Å². The van der Waals surface area contributed by atoms with E-state index in [0.717, 1.165) is 18.8 Å². The number of rotatable bonds is 3. The van der Waals surface area contributed by atoms with Crippen molar-refractivity contribution in [3.05, 3.63) is 16.6 Å². The molecule has 0 radical (unpaired) electrons. The minimum atomic E-state index is 0.249. The lowest BCUT2D eigenvalue weighted by Gasteiger charge is -2.26. The van der Waals surface area contributed by atoms with E-state index in [1.807, 2.05) is 5.51 Å². The second-order valence-corrected chi connectivity index (χ2v) is 4.89. The maximum absolute atomic E-state index is 5.88.